The van der Waals surface area contributed by atoms with E-state index >= 15 is 0 Å². The molecular weight excluding hydrogens is 268 g/mol. The van der Waals surface area contributed by atoms with Crippen molar-refractivity contribution in [3.8, 4) is 11.1 Å². The molecule has 0 spiro atoms. The minimum atomic E-state index is 0.288. The Kier molecular flexibility index (Phi) is 3.45. The van der Waals surface area contributed by atoms with Crippen LogP contribution in [0.15, 0.2) is 72.9 Å². The van der Waals surface area contributed by atoms with Crippen LogP contribution in [0.4, 0.5) is 0 Å². The fourth-order valence-electron chi connectivity index (χ4n) is 3.27. The number of rotatable bonds is 4. The SMILES string of the molecule is c1ccc(CCNC2c3ccccc3-c3ccccc32)nc1. The standard InChI is InChI=1S/C20H18N2/c1-3-10-18-16(8-1)17-9-2-4-11-19(17)20(18)22-14-12-15-7-5-6-13-21-15/h1-11,13,20,22H,12,14H2. The molecule has 1 aromatic heterocycles. The molecular formula is C20H18N2. The number of nitrogens with one attached hydrogen (secondary N) is 1. The highest BCUT2D eigenvalue weighted by molar-refractivity contribution is 5.78. The molecule has 0 atom stereocenters. The summed E-state index contributed by atoms with van der Waals surface area (Å²) in [5, 5.41) is 3.70. The van der Waals surface area contributed by atoms with Crippen LogP contribution in [-0.4, -0.2) is 11.5 Å². The molecule has 1 heterocycles. The van der Waals surface area contributed by atoms with Gasteiger partial charge in [0.2, 0.25) is 0 Å². The van der Waals surface area contributed by atoms with Gasteiger partial charge in [-0.3, -0.25) is 4.98 Å². The van der Waals surface area contributed by atoms with Gasteiger partial charge in [0.15, 0.2) is 0 Å². The van der Waals surface area contributed by atoms with Gasteiger partial charge in [-0.1, -0.05) is 54.6 Å². The Balaban J connectivity index is 1.57. The van der Waals surface area contributed by atoms with Gasteiger partial charge in [0.05, 0.1) is 6.04 Å². The fraction of sp³-hybridized carbons (Fsp3) is 0.150. The smallest absolute Gasteiger partial charge is 0.0589 e. The fourth-order valence-corrected chi connectivity index (χ4v) is 3.27. The molecule has 0 saturated carbocycles. The summed E-state index contributed by atoms with van der Waals surface area (Å²) in [6.07, 6.45) is 2.80. The van der Waals surface area contributed by atoms with Gasteiger partial charge in [0.1, 0.15) is 0 Å². The number of fused-ring (bicyclic) bond motifs is 3. The van der Waals surface area contributed by atoms with Crippen molar-refractivity contribution in [1.82, 2.24) is 10.3 Å². The van der Waals surface area contributed by atoms with Crippen molar-refractivity contribution in [3.63, 3.8) is 0 Å². The molecule has 0 aliphatic heterocycles. The van der Waals surface area contributed by atoms with Crippen LogP contribution in [0.1, 0.15) is 22.9 Å². The van der Waals surface area contributed by atoms with E-state index in [1.54, 1.807) is 0 Å². The average Bonchev–Trinajstić information content (AvgIpc) is 2.91. The van der Waals surface area contributed by atoms with E-state index < -0.39 is 0 Å². The van der Waals surface area contributed by atoms with Gasteiger partial charge >= 0.3 is 0 Å². The van der Waals surface area contributed by atoms with E-state index in [9.17, 15) is 0 Å². The highest BCUT2D eigenvalue weighted by Crippen LogP contribution is 2.42. The van der Waals surface area contributed by atoms with E-state index in [4.69, 9.17) is 0 Å². The third-order valence-electron chi connectivity index (χ3n) is 4.29. The predicted octanol–water partition coefficient (Wildman–Crippen LogP) is 3.98. The second-order valence-electron chi connectivity index (χ2n) is 5.63. The number of hydrogen-bond acceptors (Lipinski definition) is 2. The predicted molar refractivity (Wildman–Crippen MR) is 89.7 cm³/mol. The molecule has 22 heavy (non-hydrogen) atoms. The van der Waals surface area contributed by atoms with E-state index in [2.05, 4.69) is 64.9 Å². The minimum absolute atomic E-state index is 0.288. The monoisotopic (exact) mass is 286 g/mol. The number of aromatic nitrogens is 1. The molecule has 3 aromatic rings. The van der Waals surface area contributed by atoms with Crippen LogP contribution in [0.5, 0.6) is 0 Å². The number of nitrogens with zero attached hydrogens (tertiary/aromatic N) is 1. The lowest BCUT2D eigenvalue weighted by Gasteiger charge is -2.15. The lowest BCUT2D eigenvalue weighted by molar-refractivity contribution is 0.612. The quantitative estimate of drug-likeness (QED) is 0.784. The molecule has 1 N–H and O–H groups in total. The van der Waals surface area contributed by atoms with E-state index in [0.717, 1.165) is 18.7 Å². The first kappa shape index (κ1) is 13.2. The average molecular weight is 286 g/mol. The van der Waals surface area contributed by atoms with Crippen molar-refractivity contribution in [2.75, 3.05) is 6.54 Å². The highest BCUT2D eigenvalue weighted by atomic mass is 14.9. The molecule has 0 fully saturated rings. The zero-order valence-corrected chi connectivity index (χ0v) is 12.4. The molecule has 1 aliphatic carbocycles. The second-order valence-corrected chi connectivity index (χ2v) is 5.63. The van der Waals surface area contributed by atoms with Crippen molar-refractivity contribution in [3.05, 3.63) is 89.7 Å². The second kappa shape index (κ2) is 5.74. The van der Waals surface area contributed by atoms with Gasteiger partial charge < -0.3 is 5.32 Å². The normalized spacial score (nSPS) is 12.9. The van der Waals surface area contributed by atoms with E-state index in [-0.39, 0.29) is 6.04 Å². The Morgan fingerprint density at radius 2 is 1.41 bits per heavy atom. The molecule has 1 aliphatic rings. The van der Waals surface area contributed by atoms with E-state index in [1.165, 1.54) is 22.3 Å². The number of benzene rings is 2. The summed E-state index contributed by atoms with van der Waals surface area (Å²) in [7, 11) is 0. The van der Waals surface area contributed by atoms with Gasteiger partial charge in [-0.15, -0.1) is 0 Å². The maximum Gasteiger partial charge on any atom is 0.0589 e. The highest BCUT2D eigenvalue weighted by Gasteiger charge is 2.27. The third-order valence-corrected chi connectivity index (χ3v) is 4.29. The van der Waals surface area contributed by atoms with Crippen molar-refractivity contribution in [2.45, 2.75) is 12.5 Å². The van der Waals surface area contributed by atoms with Gasteiger partial charge in [0.25, 0.3) is 0 Å². The Morgan fingerprint density at radius 3 is 2.05 bits per heavy atom. The van der Waals surface area contributed by atoms with Gasteiger partial charge in [-0.05, 0) is 34.4 Å². The third kappa shape index (κ3) is 2.32. The van der Waals surface area contributed by atoms with E-state index in [0.29, 0.717) is 0 Å². The number of hydrogen-bond donors (Lipinski definition) is 1. The Bertz CT molecular complexity index is 735. The van der Waals surface area contributed by atoms with Crippen molar-refractivity contribution < 1.29 is 0 Å². The molecule has 0 bridgehead atoms. The Labute approximate surface area is 130 Å². The van der Waals surface area contributed by atoms with Crippen LogP contribution in [0, 0.1) is 0 Å². The van der Waals surface area contributed by atoms with Gasteiger partial charge in [-0.25, -0.2) is 0 Å². The lowest BCUT2D eigenvalue weighted by atomic mass is 10.1. The first-order chi connectivity index (χ1) is 10.9. The molecule has 0 unspecified atom stereocenters. The molecule has 4 rings (SSSR count). The zero-order valence-electron chi connectivity index (χ0n) is 12.4. The van der Waals surface area contributed by atoms with Crippen LogP contribution in [0.3, 0.4) is 0 Å². The minimum Gasteiger partial charge on any atom is -0.306 e. The molecule has 0 amide bonds. The molecule has 2 heteroatoms. The Hall–Kier alpha value is -2.45. The summed E-state index contributed by atoms with van der Waals surface area (Å²) < 4.78 is 0. The van der Waals surface area contributed by atoms with Gasteiger partial charge in [-0.2, -0.15) is 0 Å². The first-order valence-corrected chi connectivity index (χ1v) is 7.75. The maximum atomic E-state index is 4.39. The van der Waals surface area contributed by atoms with Crippen LogP contribution >= 0.6 is 0 Å². The van der Waals surface area contributed by atoms with Crippen LogP contribution in [0.2, 0.25) is 0 Å². The van der Waals surface area contributed by atoms with Crippen LogP contribution in [0.25, 0.3) is 11.1 Å². The first-order valence-electron chi connectivity index (χ1n) is 7.75. The summed E-state index contributed by atoms with van der Waals surface area (Å²) in [5.41, 5.74) is 6.60. The summed E-state index contributed by atoms with van der Waals surface area (Å²) in [6.45, 7) is 0.921. The molecule has 2 nitrogen and oxygen atoms in total. The summed E-state index contributed by atoms with van der Waals surface area (Å²) in [5.74, 6) is 0. The topological polar surface area (TPSA) is 24.9 Å². The van der Waals surface area contributed by atoms with Crippen LogP contribution < -0.4 is 5.32 Å². The largest absolute Gasteiger partial charge is 0.306 e. The number of pyridine rings is 1. The zero-order chi connectivity index (χ0) is 14.8. The van der Waals surface area contributed by atoms with Crippen molar-refractivity contribution in [2.24, 2.45) is 0 Å². The summed E-state index contributed by atoms with van der Waals surface area (Å²) in [6, 6.07) is 23.7. The Morgan fingerprint density at radius 1 is 0.773 bits per heavy atom. The summed E-state index contributed by atoms with van der Waals surface area (Å²) >= 11 is 0. The molecule has 108 valence electrons. The van der Waals surface area contributed by atoms with Crippen molar-refractivity contribution >= 4 is 0 Å². The van der Waals surface area contributed by atoms with Gasteiger partial charge in [0, 0.05) is 24.9 Å². The lowest BCUT2D eigenvalue weighted by Crippen LogP contribution is -2.23. The molecule has 0 radical (unpaired) electrons. The summed E-state index contributed by atoms with van der Waals surface area (Å²) in [4.78, 5) is 4.39. The van der Waals surface area contributed by atoms with Crippen LogP contribution in [-0.2, 0) is 6.42 Å². The van der Waals surface area contributed by atoms with Crippen molar-refractivity contribution in [1.29, 1.82) is 0 Å². The molecule has 0 saturated heterocycles. The maximum absolute atomic E-state index is 4.39. The van der Waals surface area contributed by atoms with E-state index in [1.807, 2.05) is 18.3 Å². The molecule has 2 aromatic carbocycles.